The Morgan fingerprint density at radius 3 is 3.00 bits per heavy atom. The number of rotatable bonds is 2. The van der Waals surface area contributed by atoms with Crippen LogP contribution in [0.3, 0.4) is 0 Å². The Balaban J connectivity index is 2.25. The van der Waals surface area contributed by atoms with E-state index >= 15 is 0 Å². The lowest BCUT2D eigenvalue weighted by Crippen LogP contribution is -2.13. The second-order valence-electron chi connectivity index (χ2n) is 3.55. The third kappa shape index (κ3) is 2.00. The first kappa shape index (κ1) is 10.5. The number of fused-ring (bicyclic) bond motifs is 1. The molecule has 1 aromatic carbocycles. The summed E-state index contributed by atoms with van der Waals surface area (Å²) in [4.78, 5) is 11.2. The van der Waals surface area contributed by atoms with Gasteiger partial charge in [-0.3, -0.25) is 5.32 Å². The van der Waals surface area contributed by atoms with Gasteiger partial charge in [-0.25, -0.2) is 4.79 Å². The molecular formula is C12H14N2O2. The Labute approximate surface area is 93.8 Å². The number of nitrogens with zero attached hydrogens (tertiary/aromatic N) is 1. The smallest absolute Gasteiger partial charge is 0.411 e. The molecule has 0 aliphatic carbocycles. The van der Waals surface area contributed by atoms with Gasteiger partial charge in [-0.05, 0) is 30.5 Å². The highest BCUT2D eigenvalue weighted by Crippen LogP contribution is 2.19. The first-order valence-electron chi connectivity index (χ1n) is 5.19. The van der Waals surface area contributed by atoms with Gasteiger partial charge in [0.15, 0.2) is 0 Å². The molecule has 0 saturated heterocycles. The first-order valence-corrected chi connectivity index (χ1v) is 5.19. The fourth-order valence-electron chi connectivity index (χ4n) is 1.63. The zero-order valence-electron chi connectivity index (χ0n) is 9.36. The number of hydrogen-bond donors (Lipinski definition) is 1. The predicted octanol–water partition coefficient (Wildman–Crippen LogP) is 2.75. The Morgan fingerprint density at radius 1 is 1.44 bits per heavy atom. The molecule has 16 heavy (non-hydrogen) atoms. The number of aromatic nitrogens is 1. The summed E-state index contributed by atoms with van der Waals surface area (Å²) in [6, 6.07) is 7.78. The molecule has 2 aromatic rings. The molecule has 84 valence electrons. The lowest BCUT2D eigenvalue weighted by atomic mass is 10.2. The van der Waals surface area contributed by atoms with Crippen LogP contribution in [0.4, 0.5) is 10.5 Å². The van der Waals surface area contributed by atoms with Crippen LogP contribution in [0.15, 0.2) is 30.5 Å². The van der Waals surface area contributed by atoms with Gasteiger partial charge in [-0.2, -0.15) is 0 Å². The van der Waals surface area contributed by atoms with Crippen molar-refractivity contribution < 1.29 is 9.53 Å². The van der Waals surface area contributed by atoms with Crippen LogP contribution in [0.1, 0.15) is 6.92 Å². The van der Waals surface area contributed by atoms with Crippen molar-refractivity contribution in [1.29, 1.82) is 0 Å². The molecule has 1 N–H and O–H groups in total. The second kappa shape index (κ2) is 4.26. The standard InChI is InChI=1S/C12H14N2O2/c1-3-16-12(15)13-10-5-4-9-6-7-14(2)11(9)8-10/h4-8H,3H2,1-2H3,(H,13,15). The molecule has 0 radical (unpaired) electrons. The van der Waals surface area contributed by atoms with E-state index in [1.54, 1.807) is 6.92 Å². The van der Waals surface area contributed by atoms with Crippen LogP contribution in [-0.4, -0.2) is 17.3 Å². The van der Waals surface area contributed by atoms with Crippen molar-refractivity contribution in [2.45, 2.75) is 6.92 Å². The third-order valence-corrected chi connectivity index (χ3v) is 2.41. The molecule has 1 heterocycles. The van der Waals surface area contributed by atoms with Gasteiger partial charge in [0.05, 0.1) is 6.61 Å². The summed E-state index contributed by atoms with van der Waals surface area (Å²) in [6.07, 6.45) is 1.56. The molecule has 1 aromatic heterocycles. The minimum absolute atomic E-state index is 0.373. The molecule has 4 nitrogen and oxygen atoms in total. The normalized spacial score (nSPS) is 10.4. The number of amides is 1. The van der Waals surface area contributed by atoms with E-state index in [0.717, 1.165) is 16.6 Å². The summed E-state index contributed by atoms with van der Waals surface area (Å²) in [7, 11) is 1.97. The predicted molar refractivity (Wildman–Crippen MR) is 63.6 cm³/mol. The van der Waals surface area contributed by atoms with E-state index in [1.807, 2.05) is 42.1 Å². The highest BCUT2D eigenvalue weighted by molar-refractivity contribution is 5.90. The van der Waals surface area contributed by atoms with Crippen molar-refractivity contribution in [3.63, 3.8) is 0 Å². The molecule has 0 atom stereocenters. The van der Waals surface area contributed by atoms with E-state index in [0.29, 0.717) is 6.61 Å². The summed E-state index contributed by atoms with van der Waals surface area (Å²) in [5, 5.41) is 3.83. The minimum atomic E-state index is -0.420. The summed E-state index contributed by atoms with van der Waals surface area (Å²) in [5.74, 6) is 0. The minimum Gasteiger partial charge on any atom is -0.450 e. The number of ether oxygens (including phenoxy) is 1. The Morgan fingerprint density at radius 2 is 2.25 bits per heavy atom. The average Bonchev–Trinajstić information content (AvgIpc) is 2.61. The van der Waals surface area contributed by atoms with Crippen molar-refractivity contribution in [1.82, 2.24) is 4.57 Å². The van der Waals surface area contributed by atoms with Gasteiger partial charge in [0, 0.05) is 24.4 Å². The van der Waals surface area contributed by atoms with Crippen molar-refractivity contribution in [3.8, 4) is 0 Å². The summed E-state index contributed by atoms with van der Waals surface area (Å²) < 4.78 is 6.82. The number of nitrogens with one attached hydrogen (secondary N) is 1. The Hall–Kier alpha value is -1.97. The zero-order valence-corrected chi connectivity index (χ0v) is 9.36. The van der Waals surface area contributed by atoms with E-state index in [-0.39, 0.29) is 0 Å². The van der Waals surface area contributed by atoms with Gasteiger partial charge in [0.2, 0.25) is 0 Å². The van der Waals surface area contributed by atoms with E-state index in [1.165, 1.54) is 0 Å². The number of benzene rings is 1. The van der Waals surface area contributed by atoms with Crippen LogP contribution >= 0.6 is 0 Å². The molecule has 1 amide bonds. The van der Waals surface area contributed by atoms with Crippen molar-refractivity contribution in [2.75, 3.05) is 11.9 Å². The van der Waals surface area contributed by atoms with Gasteiger partial charge in [-0.1, -0.05) is 6.07 Å². The number of anilines is 1. The quantitative estimate of drug-likeness (QED) is 0.842. The molecule has 0 aliphatic heterocycles. The van der Waals surface area contributed by atoms with Crippen LogP contribution in [-0.2, 0) is 11.8 Å². The van der Waals surface area contributed by atoms with E-state index in [9.17, 15) is 4.79 Å². The topological polar surface area (TPSA) is 43.3 Å². The average molecular weight is 218 g/mol. The van der Waals surface area contributed by atoms with Crippen LogP contribution < -0.4 is 5.32 Å². The lowest BCUT2D eigenvalue weighted by molar-refractivity contribution is 0.168. The number of hydrogen-bond acceptors (Lipinski definition) is 2. The van der Waals surface area contributed by atoms with Gasteiger partial charge < -0.3 is 9.30 Å². The fourth-order valence-corrected chi connectivity index (χ4v) is 1.63. The Bertz CT molecular complexity index is 517. The molecule has 0 aliphatic rings. The Kier molecular flexibility index (Phi) is 2.81. The second-order valence-corrected chi connectivity index (χ2v) is 3.55. The first-order chi connectivity index (χ1) is 7.70. The molecule has 4 heteroatoms. The number of carbonyl (C=O) groups is 1. The summed E-state index contributed by atoms with van der Waals surface area (Å²) >= 11 is 0. The SMILES string of the molecule is CCOC(=O)Nc1ccc2ccn(C)c2c1. The van der Waals surface area contributed by atoms with Crippen LogP contribution in [0.5, 0.6) is 0 Å². The summed E-state index contributed by atoms with van der Waals surface area (Å²) in [5.41, 5.74) is 1.82. The molecule has 0 fully saturated rings. The fraction of sp³-hybridized carbons (Fsp3) is 0.250. The molecule has 2 rings (SSSR count). The highest BCUT2D eigenvalue weighted by atomic mass is 16.5. The van der Waals surface area contributed by atoms with Crippen LogP contribution in [0, 0.1) is 0 Å². The molecule has 0 saturated carbocycles. The maximum absolute atomic E-state index is 11.2. The van der Waals surface area contributed by atoms with Crippen molar-refractivity contribution >= 4 is 22.7 Å². The lowest BCUT2D eigenvalue weighted by Gasteiger charge is -2.05. The third-order valence-electron chi connectivity index (χ3n) is 2.41. The maximum atomic E-state index is 11.2. The van der Waals surface area contributed by atoms with E-state index < -0.39 is 6.09 Å². The molecular weight excluding hydrogens is 204 g/mol. The highest BCUT2D eigenvalue weighted by Gasteiger charge is 2.03. The monoisotopic (exact) mass is 218 g/mol. The van der Waals surface area contributed by atoms with Crippen molar-refractivity contribution in [3.05, 3.63) is 30.5 Å². The van der Waals surface area contributed by atoms with Gasteiger partial charge in [0.1, 0.15) is 0 Å². The van der Waals surface area contributed by atoms with Crippen LogP contribution in [0.25, 0.3) is 10.9 Å². The van der Waals surface area contributed by atoms with E-state index in [2.05, 4.69) is 5.32 Å². The number of aryl methyl sites for hydroxylation is 1. The largest absolute Gasteiger partial charge is 0.450 e. The van der Waals surface area contributed by atoms with E-state index in [4.69, 9.17) is 4.74 Å². The summed E-state index contributed by atoms with van der Waals surface area (Å²) in [6.45, 7) is 2.15. The van der Waals surface area contributed by atoms with Crippen LogP contribution in [0.2, 0.25) is 0 Å². The molecule has 0 spiro atoms. The maximum Gasteiger partial charge on any atom is 0.411 e. The van der Waals surface area contributed by atoms with Gasteiger partial charge in [-0.15, -0.1) is 0 Å². The van der Waals surface area contributed by atoms with Crippen molar-refractivity contribution in [2.24, 2.45) is 7.05 Å². The van der Waals surface area contributed by atoms with Gasteiger partial charge >= 0.3 is 6.09 Å². The molecule has 0 unspecified atom stereocenters. The molecule has 0 bridgehead atoms. The zero-order chi connectivity index (χ0) is 11.5. The van der Waals surface area contributed by atoms with Gasteiger partial charge in [0.25, 0.3) is 0 Å². The number of carbonyl (C=O) groups excluding carboxylic acids is 1.